The van der Waals surface area contributed by atoms with E-state index in [1.54, 1.807) is 42.5 Å². The summed E-state index contributed by atoms with van der Waals surface area (Å²) in [4.78, 5) is 49.4. The summed E-state index contributed by atoms with van der Waals surface area (Å²) in [5.41, 5.74) is 13.0. The third-order valence-corrected chi connectivity index (χ3v) is 5.65. The van der Waals surface area contributed by atoms with Crippen LogP contribution in [0.2, 0.25) is 0 Å². The van der Waals surface area contributed by atoms with Gasteiger partial charge >= 0.3 is 5.97 Å². The first-order valence-corrected chi connectivity index (χ1v) is 12.1. The molecule has 3 amide bonds. The number of aromatic hydroxyl groups is 1. The molecular formula is C26H35N5O6. The van der Waals surface area contributed by atoms with Crippen molar-refractivity contribution in [2.24, 2.45) is 11.5 Å². The van der Waals surface area contributed by atoms with Crippen molar-refractivity contribution in [3.8, 4) is 5.75 Å². The monoisotopic (exact) mass is 513 g/mol. The average Bonchev–Trinajstić information content (AvgIpc) is 2.88. The van der Waals surface area contributed by atoms with Crippen LogP contribution in [0.15, 0.2) is 54.6 Å². The molecule has 0 aliphatic carbocycles. The molecule has 0 spiro atoms. The number of hydrogen-bond donors (Lipinski definition) is 7. The van der Waals surface area contributed by atoms with Crippen molar-refractivity contribution in [2.75, 3.05) is 13.1 Å². The minimum absolute atomic E-state index is 0.0898. The Bertz CT molecular complexity index is 1030. The summed E-state index contributed by atoms with van der Waals surface area (Å²) in [6.07, 6.45) is 1.77. The lowest BCUT2D eigenvalue weighted by atomic mass is 10.0. The number of amides is 3. The molecular weight excluding hydrogens is 478 g/mol. The summed E-state index contributed by atoms with van der Waals surface area (Å²) in [6, 6.07) is 12.1. The molecule has 9 N–H and O–H groups in total. The molecule has 37 heavy (non-hydrogen) atoms. The zero-order valence-corrected chi connectivity index (χ0v) is 20.6. The molecule has 0 aliphatic rings. The maximum Gasteiger partial charge on any atom is 0.326 e. The number of hydrogen-bond acceptors (Lipinski definition) is 7. The SMILES string of the molecule is NCCCCC(NC(=O)C(N)Cc1ccc(O)cc1)C(=O)NCC(=O)NC(Cc1ccccc1)C(=O)O. The lowest BCUT2D eigenvalue weighted by Crippen LogP contribution is -2.54. The number of phenolic OH excluding ortho intramolecular Hbond substituents is 1. The van der Waals surface area contributed by atoms with E-state index in [2.05, 4.69) is 16.0 Å². The highest BCUT2D eigenvalue weighted by molar-refractivity contribution is 5.92. The number of carbonyl (C=O) groups is 4. The van der Waals surface area contributed by atoms with Crippen LogP contribution in [0.1, 0.15) is 30.4 Å². The highest BCUT2D eigenvalue weighted by Crippen LogP contribution is 2.11. The maximum absolute atomic E-state index is 12.8. The van der Waals surface area contributed by atoms with Gasteiger partial charge in [0, 0.05) is 6.42 Å². The molecule has 2 aromatic rings. The second-order valence-electron chi connectivity index (χ2n) is 8.69. The molecule has 11 nitrogen and oxygen atoms in total. The summed E-state index contributed by atoms with van der Waals surface area (Å²) in [5.74, 6) is -2.91. The van der Waals surface area contributed by atoms with E-state index in [4.69, 9.17) is 11.5 Å². The van der Waals surface area contributed by atoms with Gasteiger partial charge in [-0.25, -0.2) is 4.79 Å². The Hall–Kier alpha value is -3.96. The molecule has 0 bridgehead atoms. The number of carbonyl (C=O) groups excluding carboxylic acids is 3. The molecule has 0 radical (unpaired) electrons. The minimum atomic E-state index is -1.20. The molecule has 0 aliphatic heterocycles. The third kappa shape index (κ3) is 10.7. The lowest BCUT2D eigenvalue weighted by molar-refractivity contribution is -0.141. The van der Waals surface area contributed by atoms with Crippen LogP contribution < -0.4 is 27.4 Å². The number of carboxylic acids is 1. The molecule has 0 aromatic heterocycles. The number of carboxylic acid groups (broad SMARTS) is 1. The zero-order valence-electron chi connectivity index (χ0n) is 20.6. The van der Waals surface area contributed by atoms with Gasteiger partial charge < -0.3 is 37.6 Å². The van der Waals surface area contributed by atoms with E-state index < -0.39 is 48.4 Å². The Morgan fingerprint density at radius 1 is 0.811 bits per heavy atom. The summed E-state index contributed by atoms with van der Waals surface area (Å²) in [6.45, 7) is -0.0384. The van der Waals surface area contributed by atoms with Gasteiger partial charge in [0.1, 0.15) is 17.8 Å². The first kappa shape index (κ1) is 29.3. The van der Waals surface area contributed by atoms with E-state index in [0.717, 1.165) is 11.1 Å². The molecule has 200 valence electrons. The second-order valence-corrected chi connectivity index (χ2v) is 8.69. The molecule has 0 saturated carbocycles. The largest absolute Gasteiger partial charge is 0.508 e. The van der Waals surface area contributed by atoms with Crippen LogP contribution in [0.4, 0.5) is 0 Å². The number of rotatable bonds is 15. The van der Waals surface area contributed by atoms with Gasteiger partial charge in [0.2, 0.25) is 17.7 Å². The smallest absolute Gasteiger partial charge is 0.326 e. The van der Waals surface area contributed by atoms with Crippen molar-refractivity contribution in [1.82, 2.24) is 16.0 Å². The van der Waals surface area contributed by atoms with Crippen molar-refractivity contribution in [2.45, 2.75) is 50.2 Å². The van der Waals surface area contributed by atoms with Crippen LogP contribution in [0.25, 0.3) is 0 Å². The Morgan fingerprint density at radius 2 is 1.46 bits per heavy atom. The average molecular weight is 514 g/mol. The second kappa shape index (κ2) is 15.2. The molecule has 0 heterocycles. The van der Waals surface area contributed by atoms with E-state index >= 15 is 0 Å². The van der Waals surface area contributed by atoms with E-state index in [9.17, 15) is 29.4 Å². The van der Waals surface area contributed by atoms with Gasteiger partial charge in [-0.15, -0.1) is 0 Å². The first-order chi connectivity index (χ1) is 17.7. The number of phenols is 1. The van der Waals surface area contributed by atoms with Crippen molar-refractivity contribution in [3.63, 3.8) is 0 Å². The van der Waals surface area contributed by atoms with Crippen molar-refractivity contribution < 1.29 is 29.4 Å². The topological polar surface area (TPSA) is 197 Å². The summed E-state index contributed by atoms with van der Waals surface area (Å²) < 4.78 is 0. The van der Waals surface area contributed by atoms with Gasteiger partial charge in [0.15, 0.2) is 0 Å². The van der Waals surface area contributed by atoms with Crippen LogP contribution in [-0.4, -0.2) is 65.1 Å². The van der Waals surface area contributed by atoms with E-state index in [0.29, 0.717) is 19.4 Å². The fraction of sp³-hybridized carbons (Fsp3) is 0.385. The lowest BCUT2D eigenvalue weighted by Gasteiger charge is -2.21. The molecule has 11 heteroatoms. The normalized spacial score (nSPS) is 13.1. The molecule has 2 rings (SSSR count). The van der Waals surface area contributed by atoms with E-state index in [-0.39, 0.29) is 25.0 Å². The summed E-state index contributed by atoms with van der Waals surface area (Å²) in [5, 5.41) is 26.3. The molecule has 0 fully saturated rings. The van der Waals surface area contributed by atoms with E-state index in [1.807, 2.05) is 0 Å². The standard InChI is InChI=1S/C26H35N5O6/c27-13-5-4-8-21(31-24(34)20(28)14-18-9-11-19(32)12-10-18)25(35)29-16-23(33)30-22(26(36)37)15-17-6-2-1-3-7-17/h1-3,6-7,9-12,20-22,32H,4-5,8,13-16,27-28H2,(H,29,35)(H,30,33)(H,31,34)(H,36,37). The number of benzene rings is 2. The van der Waals surface area contributed by atoms with Gasteiger partial charge in [-0.3, -0.25) is 14.4 Å². The first-order valence-electron chi connectivity index (χ1n) is 12.1. The molecule has 2 aromatic carbocycles. The van der Waals surface area contributed by atoms with Crippen molar-refractivity contribution in [3.05, 3.63) is 65.7 Å². The van der Waals surface area contributed by atoms with E-state index in [1.165, 1.54) is 12.1 Å². The van der Waals surface area contributed by atoms with Crippen molar-refractivity contribution in [1.29, 1.82) is 0 Å². The van der Waals surface area contributed by atoms with Gasteiger partial charge in [-0.2, -0.15) is 0 Å². The zero-order chi connectivity index (χ0) is 27.2. The highest BCUT2D eigenvalue weighted by Gasteiger charge is 2.25. The van der Waals surface area contributed by atoms with Crippen molar-refractivity contribution >= 4 is 23.7 Å². The van der Waals surface area contributed by atoms with Gasteiger partial charge in [0.25, 0.3) is 0 Å². The quantitative estimate of drug-likeness (QED) is 0.159. The van der Waals surface area contributed by atoms with Gasteiger partial charge in [-0.1, -0.05) is 42.5 Å². The number of nitrogens with one attached hydrogen (secondary N) is 3. The molecule has 0 saturated heterocycles. The Balaban J connectivity index is 1.92. The summed E-state index contributed by atoms with van der Waals surface area (Å²) in [7, 11) is 0. The van der Waals surface area contributed by atoms with Crippen LogP contribution in [0.3, 0.4) is 0 Å². The fourth-order valence-corrected chi connectivity index (χ4v) is 3.60. The van der Waals surface area contributed by atoms with Gasteiger partial charge in [-0.05, 0) is 55.5 Å². The Kier molecular flexibility index (Phi) is 12.0. The Labute approximate surface area is 215 Å². The highest BCUT2D eigenvalue weighted by atomic mass is 16.4. The Morgan fingerprint density at radius 3 is 2.08 bits per heavy atom. The minimum Gasteiger partial charge on any atom is -0.508 e. The maximum atomic E-state index is 12.8. The third-order valence-electron chi connectivity index (χ3n) is 5.65. The fourth-order valence-electron chi connectivity index (χ4n) is 3.60. The van der Waals surface area contributed by atoms with Crippen LogP contribution in [0, 0.1) is 0 Å². The van der Waals surface area contributed by atoms with Crippen LogP contribution in [-0.2, 0) is 32.0 Å². The predicted molar refractivity (Wildman–Crippen MR) is 137 cm³/mol. The number of unbranched alkanes of at least 4 members (excludes halogenated alkanes) is 1. The van der Waals surface area contributed by atoms with Gasteiger partial charge in [0.05, 0.1) is 12.6 Å². The molecule has 3 unspecified atom stereocenters. The number of nitrogens with two attached hydrogens (primary N) is 2. The number of aliphatic carboxylic acids is 1. The van der Waals surface area contributed by atoms with Crippen LogP contribution in [0.5, 0.6) is 5.75 Å². The predicted octanol–water partition coefficient (Wildman–Crippen LogP) is -0.196. The van der Waals surface area contributed by atoms with Crippen LogP contribution >= 0.6 is 0 Å². The molecule has 3 atom stereocenters. The summed E-state index contributed by atoms with van der Waals surface area (Å²) >= 11 is 0.